The van der Waals surface area contributed by atoms with Crippen molar-refractivity contribution in [3.8, 4) is 0 Å². The second-order valence-corrected chi connectivity index (χ2v) is 4.89. The van der Waals surface area contributed by atoms with Crippen molar-refractivity contribution < 1.29 is 8.78 Å². The molecule has 0 aliphatic carbocycles. The highest BCUT2D eigenvalue weighted by atomic mass is 79.9. The minimum absolute atomic E-state index is 0.132. The van der Waals surface area contributed by atoms with Crippen LogP contribution in [0.4, 0.5) is 8.78 Å². The van der Waals surface area contributed by atoms with Crippen molar-refractivity contribution in [1.29, 1.82) is 0 Å². The fourth-order valence-corrected chi connectivity index (χ4v) is 2.28. The summed E-state index contributed by atoms with van der Waals surface area (Å²) < 4.78 is 28.2. The molecule has 0 aliphatic rings. The second-order valence-electron chi connectivity index (χ2n) is 4.03. The van der Waals surface area contributed by atoms with E-state index in [1.54, 1.807) is 25.3 Å². The quantitative estimate of drug-likeness (QED) is 0.517. The molecule has 100 valence electrons. The summed E-state index contributed by atoms with van der Waals surface area (Å²) in [4.78, 5) is 4.10. The number of aryl methyl sites for hydroxylation is 1. The van der Waals surface area contributed by atoms with Crippen LogP contribution in [0.25, 0.3) is 0 Å². The van der Waals surface area contributed by atoms with Crippen LogP contribution < -0.4 is 11.3 Å². The van der Waals surface area contributed by atoms with Crippen molar-refractivity contribution >= 4 is 15.9 Å². The van der Waals surface area contributed by atoms with Crippen molar-refractivity contribution in [2.24, 2.45) is 5.84 Å². The third-order valence-corrected chi connectivity index (χ3v) is 3.51. The smallest absolute Gasteiger partial charge is 0.145 e. The van der Waals surface area contributed by atoms with E-state index in [1.165, 1.54) is 12.1 Å². The molecule has 0 fully saturated rings. The molecule has 1 aromatic carbocycles. The van der Waals surface area contributed by atoms with Gasteiger partial charge < -0.3 is 0 Å². The van der Waals surface area contributed by atoms with Crippen LogP contribution in [-0.2, 0) is 0 Å². The van der Waals surface area contributed by atoms with E-state index in [2.05, 4.69) is 26.3 Å². The Kier molecular flexibility index (Phi) is 4.24. The first-order valence-corrected chi connectivity index (χ1v) is 6.36. The summed E-state index contributed by atoms with van der Waals surface area (Å²) >= 11 is 3.04. The molecule has 3 N–H and O–H groups in total. The molecule has 6 heteroatoms. The first kappa shape index (κ1) is 14.0. The van der Waals surface area contributed by atoms with Crippen LogP contribution in [0.2, 0.25) is 0 Å². The van der Waals surface area contributed by atoms with E-state index in [0.29, 0.717) is 11.3 Å². The van der Waals surface area contributed by atoms with Crippen LogP contribution in [-0.4, -0.2) is 4.98 Å². The van der Waals surface area contributed by atoms with Gasteiger partial charge in [-0.1, -0.05) is 6.07 Å². The lowest BCUT2D eigenvalue weighted by molar-refractivity contribution is 0.506. The van der Waals surface area contributed by atoms with Crippen molar-refractivity contribution in [2.45, 2.75) is 13.0 Å². The third kappa shape index (κ3) is 2.65. The molecule has 0 amide bonds. The average Bonchev–Trinajstić information content (AvgIpc) is 2.40. The maximum absolute atomic E-state index is 14.1. The maximum atomic E-state index is 14.1. The van der Waals surface area contributed by atoms with Gasteiger partial charge in [-0.25, -0.2) is 14.2 Å². The molecule has 0 saturated carbocycles. The average molecular weight is 328 g/mol. The van der Waals surface area contributed by atoms with Gasteiger partial charge in [-0.05, 0) is 46.6 Å². The lowest BCUT2D eigenvalue weighted by Crippen LogP contribution is -2.31. The minimum Gasteiger partial charge on any atom is -0.271 e. The van der Waals surface area contributed by atoms with Crippen LogP contribution in [0.3, 0.4) is 0 Å². The zero-order valence-electron chi connectivity index (χ0n) is 10.1. The van der Waals surface area contributed by atoms with Crippen LogP contribution in [0.5, 0.6) is 0 Å². The largest absolute Gasteiger partial charge is 0.271 e. The number of halogens is 3. The lowest BCUT2D eigenvalue weighted by atomic mass is 9.97. The molecule has 0 bridgehead atoms. The van der Waals surface area contributed by atoms with E-state index >= 15 is 0 Å². The molecule has 3 nitrogen and oxygen atoms in total. The molecule has 0 radical (unpaired) electrons. The van der Waals surface area contributed by atoms with Crippen molar-refractivity contribution in [3.63, 3.8) is 0 Å². The predicted molar refractivity (Wildman–Crippen MR) is 72.2 cm³/mol. The molecule has 19 heavy (non-hydrogen) atoms. The van der Waals surface area contributed by atoms with Gasteiger partial charge in [0, 0.05) is 17.5 Å². The first-order chi connectivity index (χ1) is 9.06. The topological polar surface area (TPSA) is 50.9 Å². The molecule has 1 atom stereocenters. The zero-order valence-corrected chi connectivity index (χ0v) is 11.7. The lowest BCUT2D eigenvalue weighted by Gasteiger charge is -2.20. The van der Waals surface area contributed by atoms with Crippen LogP contribution >= 0.6 is 15.9 Å². The number of aromatic nitrogens is 1. The SMILES string of the molecule is Cc1ncccc1C(NN)c1c(F)ccc(Br)c1F. The van der Waals surface area contributed by atoms with Crippen LogP contribution in [0.1, 0.15) is 22.9 Å². The summed E-state index contributed by atoms with van der Waals surface area (Å²) in [6.07, 6.45) is 1.61. The maximum Gasteiger partial charge on any atom is 0.145 e. The zero-order chi connectivity index (χ0) is 14.0. The number of pyridine rings is 1. The van der Waals surface area contributed by atoms with Gasteiger partial charge in [0.1, 0.15) is 11.6 Å². The Morgan fingerprint density at radius 1 is 1.32 bits per heavy atom. The number of nitrogens with two attached hydrogens (primary N) is 1. The van der Waals surface area contributed by atoms with Crippen molar-refractivity contribution in [1.82, 2.24) is 10.4 Å². The molecular weight excluding hydrogens is 316 g/mol. The normalized spacial score (nSPS) is 12.5. The number of rotatable bonds is 3. The predicted octanol–water partition coefficient (Wildman–Crippen LogP) is 2.98. The van der Waals surface area contributed by atoms with E-state index in [-0.39, 0.29) is 10.0 Å². The fourth-order valence-electron chi connectivity index (χ4n) is 1.94. The van der Waals surface area contributed by atoms with Gasteiger partial charge in [0.15, 0.2) is 0 Å². The highest BCUT2D eigenvalue weighted by Gasteiger charge is 2.24. The van der Waals surface area contributed by atoms with Crippen LogP contribution in [0, 0.1) is 18.6 Å². The molecular formula is C13H12BrF2N3. The molecule has 0 aliphatic heterocycles. The highest BCUT2D eigenvalue weighted by molar-refractivity contribution is 9.10. The van der Waals surface area contributed by atoms with Gasteiger partial charge in [-0.3, -0.25) is 10.8 Å². The summed E-state index contributed by atoms with van der Waals surface area (Å²) in [6.45, 7) is 1.76. The number of hydrazine groups is 1. The molecule has 2 aromatic rings. The number of nitrogens with one attached hydrogen (secondary N) is 1. The Morgan fingerprint density at radius 2 is 2.05 bits per heavy atom. The van der Waals surface area contributed by atoms with Crippen molar-refractivity contribution in [3.05, 3.63) is 63.4 Å². The first-order valence-electron chi connectivity index (χ1n) is 5.57. The summed E-state index contributed by atoms with van der Waals surface area (Å²) in [6, 6.07) is 5.13. The molecule has 2 rings (SSSR count). The van der Waals surface area contributed by atoms with Gasteiger partial charge in [-0.2, -0.15) is 0 Å². The summed E-state index contributed by atoms with van der Waals surface area (Å²) in [7, 11) is 0. The number of hydrogen-bond donors (Lipinski definition) is 2. The van der Waals surface area contributed by atoms with E-state index < -0.39 is 17.7 Å². The van der Waals surface area contributed by atoms with Gasteiger partial charge in [0.2, 0.25) is 0 Å². The summed E-state index contributed by atoms with van der Waals surface area (Å²) in [5, 5.41) is 0. The molecule has 1 aromatic heterocycles. The van der Waals surface area contributed by atoms with Crippen LogP contribution in [0.15, 0.2) is 34.9 Å². The number of benzene rings is 1. The van der Waals surface area contributed by atoms with E-state index in [9.17, 15) is 8.78 Å². The minimum atomic E-state index is -0.800. The number of hydrogen-bond acceptors (Lipinski definition) is 3. The molecule has 0 spiro atoms. The second kappa shape index (κ2) is 5.73. The Labute approximate surface area is 117 Å². The Balaban J connectivity index is 2.61. The number of nitrogens with zero attached hydrogens (tertiary/aromatic N) is 1. The molecule has 1 unspecified atom stereocenters. The van der Waals surface area contributed by atoms with E-state index in [0.717, 1.165) is 0 Å². The summed E-state index contributed by atoms with van der Waals surface area (Å²) in [5.74, 6) is 4.13. The fraction of sp³-hybridized carbons (Fsp3) is 0.154. The molecule has 0 saturated heterocycles. The molecule has 1 heterocycles. The monoisotopic (exact) mass is 327 g/mol. The van der Waals surface area contributed by atoms with Gasteiger partial charge in [-0.15, -0.1) is 0 Å². The highest BCUT2D eigenvalue weighted by Crippen LogP contribution is 2.31. The van der Waals surface area contributed by atoms with E-state index in [4.69, 9.17) is 5.84 Å². The third-order valence-electron chi connectivity index (χ3n) is 2.89. The van der Waals surface area contributed by atoms with E-state index in [1.807, 2.05) is 0 Å². The standard InChI is InChI=1S/C13H12BrF2N3/c1-7-8(3-2-6-18-7)13(19-17)11-10(15)5-4-9(14)12(11)16/h2-6,13,19H,17H2,1H3. The Bertz CT molecular complexity index is 604. The van der Waals surface area contributed by atoms with Crippen molar-refractivity contribution in [2.75, 3.05) is 0 Å². The van der Waals surface area contributed by atoms with Gasteiger partial charge in [0.25, 0.3) is 0 Å². The Morgan fingerprint density at radius 3 is 2.68 bits per heavy atom. The Hall–Kier alpha value is -1.37. The van der Waals surface area contributed by atoms with Gasteiger partial charge in [0.05, 0.1) is 10.5 Å². The summed E-state index contributed by atoms with van der Waals surface area (Å²) in [5.41, 5.74) is 3.59. The van der Waals surface area contributed by atoms with Gasteiger partial charge >= 0.3 is 0 Å².